The second kappa shape index (κ2) is 7.73. The van der Waals surface area contributed by atoms with E-state index in [1.807, 2.05) is 23.1 Å². The molecular formula is C16H19F3N2O4. The van der Waals surface area contributed by atoms with Gasteiger partial charge >= 0.3 is 12.1 Å². The summed E-state index contributed by atoms with van der Waals surface area (Å²) in [4.78, 5) is 23.3. The monoisotopic (exact) mass is 360 g/mol. The molecule has 25 heavy (non-hydrogen) atoms. The minimum Gasteiger partial charge on any atom is -0.497 e. The van der Waals surface area contributed by atoms with Gasteiger partial charge in [-0.15, -0.1) is 0 Å². The minimum atomic E-state index is -5.08. The summed E-state index contributed by atoms with van der Waals surface area (Å²) < 4.78 is 37.0. The van der Waals surface area contributed by atoms with Crippen molar-refractivity contribution in [1.29, 1.82) is 0 Å². The lowest BCUT2D eigenvalue weighted by Crippen LogP contribution is -2.43. The van der Waals surface area contributed by atoms with E-state index in [9.17, 15) is 18.0 Å². The minimum absolute atomic E-state index is 0.180. The normalized spacial score (nSPS) is 17.6. The first-order chi connectivity index (χ1) is 11.7. The Labute approximate surface area is 142 Å². The van der Waals surface area contributed by atoms with Crippen molar-refractivity contribution in [1.82, 2.24) is 10.2 Å². The van der Waals surface area contributed by atoms with Crippen molar-refractivity contribution in [2.75, 3.05) is 20.2 Å². The van der Waals surface area contributed by atoms with E-state index in [0.717, 1.165) is 49.4 Å². The lowest BCUT2D eigenvalue weighted by molar-refractivity contribution is -0.192. The van der Waals surface area contributed by atoms with Gasteiger partial charge < -0.3 is 20.1 Å². The third-order valence-corrected chi connectivity index (χ3v) is 4.14. The number of benzene rings is 1. The number of hydrogen-bond acceptors (Lipinski definition) is 4. The topological polar surface area (TPSA) is 78.9 Å². The number of halogens is 3. The SMILES string of the molecule is COc1ccc2c(c1)CN(C1CCNCC1)C2=O.O=C(O)C(F)(F)F. The predicted octanol–water partition coefficient (Wildman–Crippen LogP) is 2.04. The van der Waals surface area contributed by atoms with Gasteiger partial charge in [-0.3, -0.25) is 4.79 Å². The largest absolute Gasteiger partial charge is 0.497 e. The molecule has 138 valence electrons. The van der Waals surface area contributed by atoms with Crippen molar-refractivity contribution < 1.29 is 32.6 Å². The van der Waals surface area contributed by atoms with E-state index in [0.29, 0.717) is 6.04 Å². The molecule has 0 aromatic heterocycles. The molecule has 1 saturated heterocycles. The van der Waals surface area contributed by atoms with Crippen molar-refractivity contribution in [3.8, 4) is 5.75 Å². The summed E-state index contributed by atoms with van der Waals surface area (Å²) in [6.45, 7) is 2.75. The van der Waals surface area contributed by atoms with Crippen molar-refractivity contribution in [3.05, 3.63) is 29.3 Å². The third-order valence-electron chi connectivity index (χ3n) is 4.14. The van der Waals surface area contributed by atoms with Gasteiger partial charge in [-0.1, -0.05) is 0 Å². The van der Waals surface area contributed by atoms with Crippen LogP contribution in [0.5, 0.6) is 5.75 Å². The van der Waals surface area contributed by atoms with Crippen molar-refractivity contribution in [2.45, 2.75) is 31.6 Å². The number of methoxy groups -OCH3 is 1. The molecule has 0 aliphatic carbocycles. The number of carboxylic acids is 1. The molecule has 2 aliphatic rings. The van der Waals surface area contributed by atoms with E-state index < -0.39 is 12.1 Å². The van der Waals surface area contributed by atoms with E-state index in [2.05, 4.69) is 5.32 Å². The highest BCUT2D eigenvalue weighted by Crippen LogP contribution is 2.29. The van der Waals surface area contributed by atoms with Crippen LogP contribution < -0.4 is 10.1 Å². The highest BCUT2D eigenvalue weighted by Gasteiger charge is 2.38. The van der Waals surface area contributed by atoms with Gasteiger partial charge in [0.1, 0.15) is 5.75 Å². The zero-order valence-electron chi connectivity index (χ0n) is 13.6. The van der Waals surface area contributed by atoms with E-state index in [1.54, 1.807) is 7.11 Å². The van der Waals surface area contributed by atoms with Crippen molar-refractivity contribution in [3.63, 3.8) is 0 Å². The molecule has 0 radical (unpaired) electrons. The van der Waals surface area contributed by atoms with E-state index in [4.69, 9.17) is 14.6 Å². The average molecular weight is 360 g/mol. The zero-order valence-corrected chi connectivity index (χ0v) is 13.6. The molecule has 6 nitrogen and oxygen atoms in total. The summed E-state index contributed by atoms with van der Waals surface area (Å²) in [5.41, 5.74) is 1.94. The number of ether oxygens (including phenoxy) is 1. The quantitative estimate of drug-likeness (QED) is 0.844. The number of carboxylic acid groups (broad SMARTS) is 1. The van der Waals surface area contributed by atoms with Crippen molar-refractivity contribution in [2.24, 2.45) is 0 Å². The van der Waals surface area contributed by atoms with Crippen LogP contribution in [-0.4, -0.2) is 54.3 Å². The number of amides is 1. The molecule has 1 amide bonds. The number of aliphatic carboxylic acids is 1. The van der Waals surface area contributed by atoms with E-state index in [1.165, 1.54) is 0 Å². The maximum atomic E-state index is 12.4. The van der Waals surface area contributed by atoms with Crippen LogP contribution in [0.25, 0.3) is 0 Å². The number of hydrogen-bond donors (Lipinski definition) is 2. The predicted molar refractivity (Wildman–Crippen MR) is 82.5 cm³/mol. The number of nitrogens with zero attached hydrogens (tertiary/aromatic N) is 1. The Morgan fingerprint density at radius 3 is 2.44 bits per heavy atom. The lowest BCUT2D eigenvalue weighted by Gasteiger charge is -2.31. The fraction of sp³-hybridized carbons (Fsp3) is 0.500. The van der Waals surface area contributed by atoms with Gasteiger partial charge in [-0.25, -0.2) is 4.79 Å². The number of alkyl halides is 3. The third kappa shape index (κ3) is 4.62. The summed E-state index contributed by atoms with van der Waals surface area (Å²) in [5, 5.41) is 10.5. The van der Waals surface area contributed by atoms with E-state index >= 15 is 0 Å². The Balaban J connectivity index is 0.000000277. The second-order valence-corrected chi connectivity index (χ2v) is 5.74. The number of carbonyl (C=O) groups excluding carboxylic acids is 1. The molecule has 0 saturated carbocycles. The standard InChI is InChI=1S/C14H18N2O2.C2HF3O2/c1-18-12-2-3-13-10(8-12)9-16(14(13)17)11-4-6-15-7-5-11;3-2(4,5)1(6)7/h2-3,8,11,15H,4-7,9H2,1H3;(H,6,7). The molecule has 1 fully saturated rings. The van der Waals surface area contributed by atoms with Crippen LogP contribution in [0.4, 0.5) is 13.2 Å². The van der Waals surface area contributed by atoms with Gasteiger partial charge in [0, 0.05) is 18.2 Å². The fourth-order valence-corrected chi connectivity index (χ4v) is 2.86. The van der Waals surface area contributed by atoms with Gasteiger partial charge in [-0.2, -0.15) is 13.2 Å². The lowest BCUT2D eigenvalue weighted by atomic mass is 10.1. The molecule has 0 spiro atoms. The molecule has 0 bridgehead atoms. The van der Waals surface area contributed by atoms with Crippen LogP contribution >= 0.6 is 0 Å². The molecule has 2 N–H and O–H groups in total. The maximum Gasteiger partial charge on any atom is 0.490 e. The number of fused-ring (bicyclic) bond motifs is 1. The zero-order chi connectivity index (χ0) is 18.6. The van der Waals surface area contributed by atoms with Gasteiger partial charge in [0.25, 0.3) is 5.91 Å². The Bertz CT molecular complexity index is 643. The van der Waals surface area contributed by atoms with Crippen molar-refractivity contribution >= 4 is 11.9 Å². The van der Waals surface area contributed by atoms with Crippen LogP contribution in [0.1, 0.15) is 28.8 Å². The number of rotatable bonds is 2. The van der Waals surface area contributed by atoms with Crippen LogP contribution in [0, 0.1) is 0 Å². The highest BCUT2D eigenvalue weighted by molar-refractivity contribution is 5.98. The van der Waals surface area contributed by atoms with Crippen LogP contribution in [0.2, 0.25) is 0 Å². The Hall–Kier alpha value is -2.29. The molecule has 0 unspecified atom stereocenters. The Morgan fingerprint density at radius 1 is 1.32 bits per heavy atom. The summed E-state index contributed by atoms with van der Waals surface area (Å²) in [5.74, 6) is -1.75. The summed E-state index contributed by atoms with van der Waals surface area (Å²) in [7, 11) is 1.66. The number of nitrogens with one attached hydrogen (secondary N) is 1. The second-order valence-electron chi connectivity index (χ2n) is 5.74. The molecular weight excluding hydrogens is 341 g/mol. The summed E-state index contributed by atoms with van der Waals surface area (Å²) >= 11 is 0. The molecule has 3 rings (SSSR count). The summed E-state index contributed by atoms with van der Waals surface area (Å²) in [6, 6.07) is 6.12. The van der Waals surface area contributed by atoms with Crippen LogP contribution in [-0.2, 0) is 11.3 Å². The highest BCUT2D eigenvalue weighted by atomic mass is 19.4. The smallest absolute Gasteiger partial charge is 0.490 e. The molecule has 9 heteroatoms. The molecule has 0 atom stereocenters. The Morgan fingerprint density at radius 2 is 1.92 bits per heavy atom. The first kappa shape index (κ1) is 19.0. The Kier molecular flexibility index (Phi) is 5.89. The molecule has 2 aliphatic heterocycles. The molecule has 1 aromatic rings. The van der Waals surface area contributed by atoms with Gasteiger partial charge in [0.2, 0.25) is 0 Å². The van der Waals surface area contributed by atoms with Crippen LogP contribution in [0.3, 0.4) is 0 Å². The molecule has 2 heterocycles. The fourth-order valence-electron chi connectivity index (χ4n) is 2.86. The average Bonchev–Trinajstić information content (AvgIpc) is 2.91. The number of piperidine rings is 1. The van der Waals surface area contributed by atoms with Gasteiger partial charge in [-0.05, 0) is 49.7 Å². The van der Waals surface area contributed by atoms with E-state index in [-0.39, 0.29) is 5.91 Å². The summed E-state index contributed by atoms with van der Waals surface area (Å²) in [6.07, 6.45) is -2.98. The first-order valence-corrected chi connectivity index (χ1v) is 7.72. The van der Waals surface area contributed by atoms with Gasteiger partial charge in [0.05, 0.1) is 7.11 Å². The number of carbonyl (C=O) groups is 2. The van der Waals surface area contributed by atoms with Gasteiger partial charge in [0.15, 0.2) is 0 Å². The molecule has 1 aromatic carbocycles. The van der Waals surface area contributed by atoms with Crippen LogP contribution in [0.15, 0.2) is 18.2 Å². The first-order valence-electron chi connectivity index (χ1n) is 7.72. The maximum absolute atomic E-state index is 12.4.